The molecule has 0 saturated carbocycles. The van der Waals surface area contributed by atoms with Crippen molar-refractivity contribution >= 4 is 17.4 Å². The van der Waals surface area contributed by atoms with E-state index in [9.17, 15) is 0 Å². The number of hydrogen-bond donors (Lipinski definition) is 1. The molecule has 0 rings (SSSR count). The van der Waals surface area contributed by atoms with Gasteiger partial charge in [0.25, 0.3) is 5.09 Å². The molecule has 0 aliphatic heterocycles. The minimum Gasteiger partial charge on any atom is -0.412 e. The van der Waals surface area contributed by atoms with Gasteiger partial charge in [0.15, 0.2) is 17.4 Å². The molecular weight excluding hydrogens is 137 g/mol. The standard InChI is InChI=1S/Al.HNO3.3H2O.3H/c;2-1(3)4;;;;;;/h;(H,2,3,4);3*1H2;;;. The van der Waals surface area contributed by atoms with Crippen molar-refractivity contribution in [3.05, 3.63) is 10.1 Å². The second kappa shape index (κ2) is 30.5. The fourth-order valence-electron chi connectivity index (χ4n) is 0. The van der Waals surface area contributed by atoms with Crippen molar-refractivity contribution in [1.29, 1.82) is 0 Å². The van der Waals surface area contributed by atoms with E-state index in [4.69, 9.17) is 15.3 Å². The largest absolute Gasteiger partial charge is 0.412 e. The van der Waals surface area contributed by atoms with Crippen LogP contribution in [0.25, 0.3) is 0 Å². The van der Waals surface area contributed by atoms with Gasteiger partial charge in [0.2, 0.25) is 0 Å². The number of nitrogens with zero attached hydrogens (tertiary/aromatic N) is 1. The normalized spacial score (nSPS) is 3.00. The first-order valence-electron chi connectivity index (χ1n) is 0.565. The van der Waals surface area contributed by atoms with E-state index in [0.29, 0.717) is 0 Å². The molecule has 0 bridgehead atoms. The van der Waals surface area contributed by atoms with Gasteiger partial charge in [0, 0.05) is 0 Å². The molecule has 0 radical (unpaired) electrons. The van der Waals surface area contributed by atoms with Gasteiger partial charge in [-0.15, -0.1) is 10.1 Å². The van der Waals surface area contributed by atoms with Gasteiger partial charge in [-0.25, -0.2) is 0 Å². The average molecular weight is 147 g/mol. The van der Waals surface area contributed by atoms with Crippen LogP contribution in [0.3, 0.4) is 0 Å². The van der Waals surface area contributed by atoms with E-state index < -0.39 is 5.09 Å². The maximum Gasteiger partial charge on any atom is 0.291 e. The summed E-state index contributed by atoms with van der Waals surface area (Å²) in [4.78, 5) is 8.36. The van der Waals surface area contributed by atoms with E-state index >= 15 is 0 Å². The van der Waals surface area contributed by atoms with Crippen molar-refractivity contribution < 1.29 is 26.7 Å². The molecule has 54 valence electrons. The summed E-state index contributed by atoms with van der Waals surface area (Å²) in [5.74, 6) is 0. The number of hydrogen-bond acceptors (Lipinski definition) is 2. The molecular formula is H10AlNO6. The Balaban J connectivity index is -0.00000000750. The summed E-state index contributed by atoms with van der Waals surface area (Å²) >= 11 is 0. The Kier molecular flexibility index (Phi) is 186. The number of rotatable bonds is 0. The van der Waals surface area contributed by atoms with Crippen molar-refractivity contribution in [2.75, 3.05) is 0 Å². The molecule has 0 unspecified atom stereocenters. The van der Waals surface area contributed by atoms with Gasteiger partial charge in [-0.2, -0.15) is 0 Å². The molecule has 0 aliphatic carbocycles. The highest BCUT2D eigenvalue weighted by atomic mass is 27.0. The van der Waals surface area contributed by atoms with Crippen molar-refractivity contribution in [2.24, 2.45) is 0 Å². The van der Waals surface area contributed by atoms with Crippen LogP contribution < -0.4 is 0 Å². The third-order valence-corrected chi connectivity index (χ3v) is 0. The fourth-order valence-corrected chi connectivity index (χ4v) is 0. The van der Waals surface area contributed by atoms with Crippen molar-refractivity contribution in [2.45, 2.75) is 0 Å². The summed E-state index contributed by atoms with van der Waals surface area (Å²) in [6.07, 6.45) is 0. The lowest BCUT2D eigenvalue weighted by Gasteiger charge is -1.56. The molecule has 7 nitrogen and oxygen atoms in total. The van der Waals surface area contributed by atoms with Crippen LogP contribution in [0.2, 0.25) is 0 Å². The lowest BCUT2D eigenvalue weighted by atomic mass is 13.1. The second-order valence-electron chi connectivity index (χ2n) is 0.238. The summed E-state index contributed by atoms with van der Waals surface area (Å²) in [6.45, 7) is 0. The molecule has 0 heterocycles. The molecule has 8 heteroatoms. The van der Waals surface area contributed by atoms with Crippen LogP contribution in [-0.2, 0) is 0 Å². The molecule has 0 spiro atoms. The summed E-state index contributed by atoms with van der Waals surface area (Å²) < 4.78 is 0. The lowest BCUT2D eigenvalue weighted by Crippen LogP contribution is -1.81. The van der Waals surface area contributed by atoms with Crippen molar-refractivity contribution in [1.82, 2.24) is 0 Å². The first-order valence-corrected chi connectivity index (χ1v) is 0.565. The SMILES string of the molecule is O.O.O.O=[N+]([O-])O.[AlH3]. The Morgan fingerprint density at radius 2 is 1.25 bits per heavy atom. The Morgan fingerprint density at radius 1 is 1.25 bits per heavy atom. The first-order chi connectivity index (χ1) is 1.73. The third kappa shape index (κ3) is 795. The predicted octanol–water partition coefficient (Wildman–Crippen LogP) is -4.01. The zero-order valence-corrected chi connectivity index (χ0v) is 3.21. The van der Waals surface area contributed by atoms with Crippen LogP contribution in [0.1, 0.15) is 0 Å². The molecule has 0 saturated heterocycles. The zero-order valence-electron chi connectivity index (χ0n) is 3.21. The molecule has 7 N–H and O–H groups in total. The highest BCUT2D eigenvalue weighted by molar-refractivity contribution is 5.75. The van der Waals surface area contributed by atoms with E-state index in [-0.39, 0.29) is 33.8 Å². The van der Waals surface area contributed by atoms with Gasteiger partial charge in [-0.1, -0.05) is 0 Å². The topological polar surface area (TPSA) is 158 Å². The van der Waals surface area contributed by atoms with Crippen LogP contribution in [0.5, 0.6) is 0 Å². The van der Waals surface area contributed by atoms with Crippen molar-refractivity contribution in [3.8, 4) is 0 Å². The van der Waals surface area contributed by atoms with Crippen LogP contribution in [-0.4, -0.2) is 44.1 Å². The maximum absolute atomic E-state index is 8.36. The molecule has 0 aromatic carbocycles. The smallest absolute Gasteiger partial charge is 0.291 e. The Bertz CT molecular complexity index is 31.5. The van der Waals surface area contributed by atoms with Crippen molar-refractivity contribution in [3.63, 3.8) is 0 Å². The Labute approximate surface area is 55.1 Å². The minimum atomic E-state index is -1.50. The van der Waals surface area contributed by atoms with Crippen LogP contribution in [0.4, 0.5) is 0 Å². The Morgan fingerprint density at radius 3 is 1.25 bits per heavy atom. The molecule has 0 aromatic heterocycles. The third-order valence-electron chi connectivity index (χ3n) is 0. The van der Waals surface area contributed by atoms with Crippen LogP contribution >= 0.6 is 0 Å². The van der Waals surface area contributed by atoms with Crippen LogP contribution in [0.15, 0.2) is 0 Å². The van der Waals surface area contributed by atoms with E-state index in [1.165, 1.54) is 0 Å². The molecule has 8 heavy (non-hydrogen) atoms. The van der Waals surface area contributed by atoms with E-state index in [0.717, 1.165) is 0 Å². The van der Waals surface area contributed by atoms with Gasteiger partial charge < -0.3 is 21.6 Å². The fraction of sp³-hybridized carbons (Fsp3) is 0. The molecule has 0 amide bonds. The summed E-state index contributed by atoms with van der Waals surface area (Å²) in [5.41, 5.74) is 0. The summed E-state index contributed by atoms with van der Waals surface area (Å²) in [5, 5.41) is 13.6. The first kappa shape index (κ1) is 48.8. The molecule has 0 atom stereocenters. The monoisotopic (exact) mass is 147 g/mol. The van der Waals surface area contributed by atoms with E-state index in [1.54, 1.807) is 0 Å². The van der Waals surface area contributed by atoms with Gasteiger partial charge >= 0.3 is 0 Å². The lowest BCUT2D eigenvalue weighted by molar-refractivity contribution is -0.742. The summed E-state index contributed by atoms with van der Waals surface area (Å²) in [6, 6.07) is 0. The van der Waals surface area contributed by atoms with Gasteiger partial charge in [-0.3, -0.25) is 0 Å². The molecule has 0 aromatic rings. The van der Waals surface area contributed by atoms with E-state index in [2.05, 4.69) is 0 Å². The predicted molar refractivity (Wildman–Crippen MR) is 29.6 cm³/mol. The van der Waals surface area contributed by atoms with Gasteiger partial charge in [0.1, 0.15) is 0 Å². The van der Waals surface area contributed by atoms with Crippen LogP contribution in [0, 0.1) is 10.1 Å². The summed E-state index contributed by atoms with van der Waals surface area (Å²) in [7, 11) is 0. The maximum atomic E-state index is 8.36. The van der Waals surface area contributed by atoms with Gasteiger partial charge in [-0.05, 0) is 0 Å². The minimum absolute atomic E-state index is 0. The highest BCUT2D eigenvalue weighted by Gasteiger charge is 1.65. The zero-order chi connectivity index (χ0) is 3.58. The second-order valence-corrected chi connectivity index (χ2v) is 0.238. The Hall–Kier alpha value is -0.388. The molecule has 0 fully saturated rings. The average Bonchev–Trinajstić information content (AvgIpc) is 0.811. The van der Waals surface area contributed by atoms with Gasteiger partial charge in [0.05, 0.1) is 0 Å². The highest BCUT2D eigenvalue weighted by Crippen LogP contribution is 1.38. The quantitative estimate of drug-likeness (QED) is 0.210. The molecule has 0 aliphatic rings. The van der Waals surface area contributed by atoms with E-state index in [1.807, 2.05) is 0 Å².